The molecule has 0 bridgehead atoms. The fraction of sp³-hybridized carbons (Fsp3) is 0.286. The van der Waals surface area contributed by atoms with Gasteiger partial charge in [-0.3, -0.25) is 9.56 Å². The van der Waals surface area contributed by atoms with Crippen LogP contribution in [0.3, 0.4) is 0 Å². The number of nitrogens with one attached hydrogen (secondary N) is 2. The molecular weight excluding hydrogens is 314 g/mol. The number of nitrogens with zero attached hydrogens (tertiary/aromatic N) is 3. The third kappa shape index (κ3) is 4.44. The Kier molecular flexibility index (Phi) is 5.56. The van der Waals surface area contributed by atoms with E-state index >= 15 is 0 Å². The van der Waals surface area contributed by atoms with E-state index in [1.54, 1.807) is 0 Å². The molecule has 2 rings (SSSR count). The van der Waals surface area contributed by atoms with Crippen LogP contribution in [-0.4, -0.2) is 22.6 Å². The summed E-state index contributed by atoms with van der Waals surface area (Å²) in [4.78, 5) is 7.70. The molecule has 0 aliphatic rings. The first-order chi connectivity index (χ1) is 11.0. The number of halogens is 4. The summed E-state index contributed by atoms with van der Waals surface area (Å²) in [7, 11) is 1.47. The van der Waals surface area contributed by atoms with E-state index in [0.29, 0.717) is 4.57 Å². The Morgan fingerprint density at radius 1 is 1.26 bits per heavy atom. The van der Waals surface area contributed by atoms with Gasteiger partial charge in [0.1, 0.15) is 17.5 Å². The molecule has 5 nitrogen and oxygen atoms in total. The van der Waals surface area contributed by atoms with Crippen LogP contribution in [0.4, 0.5) is 17.6 Å². The Balaban J connectivity index is 1.93. The first-order valence-corrected chi connectivity index (χ1v) is 6.69. The largest absolute Gasteiger partial charge is 0.352 e. The highest BCUT2D eigenvalue weighted by Crippen LogP contribution is 2.12. The highest BCUT2D eigenvalue weighted by Gasteiger charge is 2.11. The molecular formula is C14H15F4N5. The summed E-state index contributed by atoms with van der Waals surface area (Å²) in [5.41, 5.74) is 0.127. The fourth-order valence-corrected chi connectivity index (χ4v) is 1.90. The van der Waals surface area contributed by atoms with Crippen LogP contribution in [0.15, 0.2) is 35.6 Å². The van der Waals surface area contributed by atoms with E-state index in [2.05, 4.69) is 20.6 Å². The fourth-order valence-electron chi connectivity index (χ4n) is 1.90. The normalized spacial score (nSPS) is 11.8. The van der Waals surface area contributed by atoms with E-state index in [0.717, 1.165) is 18.2 Å². The van der Waals surface area contributed by atoms with Crippen LogP contribution >= 0.6 is 0 Å². The maximum Gasteiger partial charge on any atom is 0.319 e. The van der Waals surface area contributed by atoms with Crippen LogP contribution in [0.1, 0.15) is 17.9 Å². The molecule has 1 aromatic carbocycles. The second-order valence-corrected chi connectivity index (χ2v) is 4.54. The molecule has 0 aliphatic heterocycles. The Morgan fingerprint density at radius 3 is 2.70 bits per heavy atom. The highest BCUT2D eigenvalue weighted by molar-refractivity contribution is 5.79. The van der Waals surface area contributed by atoms with E-state index < -0.39 is 18.2 Å². The maximum atomic E-state index is 13.5. The summed E-state index contributed by atoms with van der Waals surface area (Å²) in [6, 6.07) is 3.12. The van der Waals surface area contributed by atoms with Crippen LogP contribution < -0.4 is 10.6 Å². The Morgan fingerprint density at radius 2 is 2.00 bits per heavy atom. The Labute approximate surface area is 130 Å². The molecule has 23 heavy (non-hydrogen) atoms. The summed E-state index contributed by atoms with van der Waals surface area (Å²) < 4.78 is 52.7. The van der Waals surface area contributed by atoms with Gasteiger partial charge in [0.15, 0.2) is 5.96 Å². The molecule has 1 heterocycles. The molecule has 9 heteroatoms. The van der Waals surface area contributed by atoms with Crippen molar-refractivity contribution in [3.63, 3.8) is 0 Å². The van der Waals surface area contributed by atoms with E-state index in [1.807, 2.05) is 0 Å². The van der Waals surface area contributed by atoms with Gasteiger partial charge in [-0.05, 0) is 18.2 Å². The minimum Gasteiger partial charge on any atom is -0.352 e. The van der Waals surface area contributed by atoms with E-state index in [9.17, 15) is 17.6 Å². The number of hydrogen-bond acceptors (Lipinski definition) is 2. The predicted molar refractivity (Wildman–Crippen MR) is 76.9 cm³/mol. The lowest BCUT2D eigenvalue weighted by Gasteiger charge is -2.13. The van der Waals surface area contributed by atoms with Gasteiger partial charge in [-0.2, -0.15) is 8.78 Å². The SMILES string of the molecule is CN=C(NCc1cc(F)ccc1F)NCc1nccn1C(F)F. The molecule has 0 amide bonds. The second kappa shape index (κ2) is 7.61. The number of aromatic nitrogens is 2. The lowest BCUT2D eigenvalue weighted by atomic mass is 10.2. The minimum absolute atomic E-state index is 0.00263. The molecule has 1 aromatic heterocycles. The number of hydrogen-bond donors (Lipinski definition) is 2. The molecule has 0 spiro atoms. The van der Waals surface area contributed by atoms with E-state index in [4.69, 9.17) is 0 Å². The lowest BCUT2D eigenvalue weighted by Crippen LogP contribution is -2.37. The van der Waals surface area contributed by atoms with Gasteiger partial charge in [0, 0.05) is 31.5 Å². The van der Waals surface area contributed by atoms with Crippen molar-refractivity contribution >= 4 is 5.96 Å². The van der Waals surface area contributed by atoms with Crippen molar-refractivity contribution in [3.8, 4) is 0 Å². The molecule has 2 N–H and O–H groups in total. The average molecular weight is 329 g/mol. The summed E-state index contributed by atoms with van der Waals surface area (Å²) in [6.45, 7) is -2.69. The van der Waals surface area contributed by atoms with Gasteiger partial charge in [0.05, 0.1) is 6.54 Å². The maximum absolute atomic E-state index is 13.5. The molecule has 0 saturated carbocycles. The van der Waals surface area contributed by atoms with Crippen molar-refractivity contribution in [3.05, 3.63) is 53.6 Å². The Hall–Kier alpha value is -2.58. The van der Waals surface area contributed by atoms with Crippen molar-refractivity contribution in [2.24, 2.45) is 4.99 Å². The first kappa shape index (κ1) is 16.8. The first-order valence-electron chi connectivity index (χ1n) is 6.69. The third-order valence-electron chi connectivity index (χ3n) is 3.05. The predicted octanol–water partition coefficient (Wildman–Crippen LogP) is 2.42. The number of alkyl halides is 2. The van der Waals surface area contributed by atoms with Crippen molar-refractivity contribution in [1.82, 2.24) is 20.2 Å². The van der Waals surface area contributed by atoms with Gasteiger partial charge in [-0.1, -0.05) is 0 Å². The molecule has 0 saturated heterocycles. The highest BCUT2D eigenvalue weighted by atomic mass is 19.3. The van der Waals surface area contributed by atoms with Gasteiger partial charge >= 0.3 is 6.55 Å². The van der Waals surface area contributed by atoms with Crippen LogP contribution in [0.2, 0.25) is 0 Å². The summed E-state index contributed by atoms with van der Waals surface area (Å²) >= 11 is 0. The molecule has 0 fully saturated rings. The van der Waals surface area contributed by atoms with Gasteiger partial charge in [0.2, 0.25) is 0 Å². The quantitative estimate of drug-likeness (QED) is 0.503. The van der Waals surface area contributed by atoms with Crippen LogP contribution in [0.25, 0.3) is 0 Å². The van der Waals surface area contributed by atoms with Gasteiger partial charge in [-0.15, -0.1) is 0 Å². The number of rotatable bonds is 5. The zero-order chi connectivity index (χ0) is 16.8. The molecule has 0 radical (unpaired) electrons. The standard InChI is InChI=1S/C14H15F4N5/c1-19-14(21-7-9-6-10(15)2-3-11(9)16)22-8-12-20-4-5-23(12)13(17)18/h2-6,13H,7-8H2,1H3,(H2,19,21,22). The smallest absolute Gasteiger partial charge is 0.319 e. The number of imidazole rings is 1. The van der Waals surface area contributed by atoms with Crippen LogP contribution in [0.5, 0.6) is 0 Å². The van der Waals surface area contributed by atoms with Gasteiger partial charge in [0.25, 0.3) is 0 Å². The van der Waals surface area contributed by atoms with Gasteiger partial charge < -0.3 is 10.6 Å². The summed E-state index contributed by atoms with van der Waals surface area (Å²) in [5, 5.41) is 5.55. The topological polar surface area (TPSA) is 54.2 Å². The van der Waals surface area contributed by atoms with Crippen molar-refractivity contribution in [2.45, 2.75) is 19.6 Å². The molecule has 124 valence electrons. The van der Waals surface area contributed by atoms with E-state index in [-0.39, 0.29) is 30.4 Å². The second-order valence-electron chi connectivity index (χ2n) is 4.54. The molecule has 0 atom stereocenters. The number of aliphatic imine (C=N–C) groups is 1. The number of guanidine groups is 1. The van der Waals surface area contributed by atoms with Gasteiger partial charge in [-0.25, -0.2) is 13.8 Å². The van der Waals surface area contributed by atoms with E-state index in [1.165, 1.54) is 19.4 Å². The average Bonchev–Trinajstić information content (AvgIpc) is 2.99. The summed E-state index contributed by atoms with van der Waals surface area (Å²) in [6.07, 6.45) is 2.43. The van der Waals surface area contributed by atoms with Crippen molar-refractivity contribution < 1.29 is 17.6 Å². The minimum atomic E-state index is -2.69. The van der Waals surface area contributed by atoms with Crippen molar-refractivity contribution in [2.75, 3.05) is 7.05 Å². The molecule has 0 aliphatic carbocycles. The Bertz CT molecular complexity index is 684. The van der Waals surface area contributed by atoms with Crippen LogP contribution in [0, 0.1) is 11.6 Å². The zero-order valence-electron chi connectivity index (χ0n) is 12.2. The molecule has 2 aromatic rings. The molecule has 0 unspecified atom stereocenters. The monoisotopic (exact) mass is 329 g/mol. The summed E-state index contributed by atoms with van der Waals surface area (Å²) in [5.74, 6) is -0.731. The lowest BCUT2D eigenvalue weighted by molar-refractivity contribution is 0.0668. The van der Waals surface area contributed by atoms with Crippen molar-refractivity contribution in [1.29, 1.82) is 0 Å². The van der Waals surface area contributed by atoms with Crippen LogP contribution in [-0.2, 0) is 13.1 Å². The zero-order valence-corrected chi connectivity index (χ0v) is 12.2. The number of benzene rings is 1. The third-order valence-corrected chi connectivity index (χ3v) is 3.05.